The van der Waals surface area contributed by atoms with Crippen molar-refractivity contribution in [2.75, 3.05) is 25.1 Å². The number of benzene rings is 1. The van der Waals surface area contributed by atoms with Gasteiger partial charge in [0.25, 0.3) is 0 Å². The van der Waals surface area contributed by atoms with E-state index < -0.39 is 30.4 Å². The van der Waals surface area contributed by atoms with Gasteiger partial charge >= 0.3 is 5.65 Å². The molecule has 0 saturated carbocycles. The molecule has 1 unspecified atom stereocenters. The zero-order chi connectivity index (χ0) is 21.4. The quantitative estimate of drug-likeness (QED) is 0.410. The highest BCUT2D eigenvalue weighted by atomic mass is 19.1. The second-order valence-electron chi connectivity index (χ2n) is 7.59. The number of halogens is 1. The number of aliphatic hydroxyl groups excluding tert-OH is 2. The van der Waals surface area contributed by atoms with Crippen molar-refractivity contribution in [3.8, 4) is 5.75 Å². The van der Waals surface area contributed by atoms with Crippen molar-refractivity contribution >= 4 is 17.0 Å². The molecule has 0 amide bonds. The zero-order valence-corrected chi connectivity index (χ0v) is 16.5. The maximum Gasteiger partial charge on any atom is 0.309 e. The van der Waals surface area contributed by atoms with Gasteiger partial charge in [-0.3, -0.25) is 4.98 Å². The second-order valence-corrected chi connectivity index (χ2v) is 7.59. The lowest BCUT2D eigenvalue weighted by Gasteiger charge is -2.15. The summed E-state index contributed by atoms with van der Waals surface area (Å²) in [7, 11) is 0. The first kappa shape index (κ1) is 20.1. The first-order chi connectivity index (χ1) is 15.1. The number of anilines is 1. The lowest BCUT2D eigenvalue weighted by Crippen LogP contribution is -2.45. The maximum atomic E-state index is 13.8. The van der Waals surface area contributed by atoms with E-state index in [0.29, 0.717) is 30.2 Å². The van der Waals surface area contributed by atoms with Crippen molar-refractivity contribution in [3.05, 3.63) is 42.7 Å². The third-order valence-corrected chi connectivity index (χ3v) is 5.54. The molecule has 0 radical (unpaired) electrons. The Hall–Kier alpha value is -2.86. The minimum Gasteiger partial charge on any atom is -0.488 e. The Balaban J connectivity index is 1.34. The number of fused-ring (bicyclic) bond motifs is 1. The summed E-state index contributed by atoms with van der Waals surface area (Å²) in [6.07, 6.45) is -0.302. The van der Waals surface area contributed by atoms with Crippen molar-refractivity contribution in [1.29, 1.82) is 0 Å². The molecule has 1 aromatic carbocycles. The van der Waals surface area contributed by atoms with Crippen LogP contribution in [-0.4, -0.2) is 69.3 Å². The van der Waals surface area contributed by atoms with Gasteiger partial charge in [0.2, 0.25) is 11.7 Å². The van der Waals surface area contributed by atoms with E-state index in [9.17, 15) is 14.6 Å². The summed E-state index contributed by atoms with van der Waals surface area (Å²) >= 11 is 0. The van der Waals surface area contributed by atoms with E-state index >= 15 is 0 Å². The van der Waals surface area contributed by atoms with Crippen molar-refractivity contribution in [1.82, 2.24) is 15.0 Å². The van der Waals surface area contributed by atoms with Crippen LogP contribution in [0.2, 0.25) is 0 Å². The molecule has 3 aromatic rings. The van der Waals surface area contributed by atoms with Gasteiger partial charge in [0.1, 0.15) is 24.9 Å². The number of nitrogens with one attached hydrogen (secondary N) is 2. The topological polar surface area (TPSA) is 126 Å². The molecular weight excluding hydrogens is 409 g/mol. The first-order valence-electron chi connectivity index (χ1n) is 10.1. The highest BCUT2D eigenvalue weighted by Gasteiger charge is 2.47. The van der Waals surface area contributed by atoms with E-state index in [1.54, 1.807) is 23.0 Å². The number of nitrogens with zero attached hydrogens (tertiary/aromatic N) is 3. The molecule has 164 valence electrons. The Morgan fingerprint density at radius 1 is 1.26 bits per heavy atom. The lowest BCUT2D eigenvalue weighted by atomic mass is 10.1. The van der Waals surface area contributed by atoms with E-state index in [4.69, 9.17) is 14.2 Å². The number of imidazole rings is 1. The number of aliphatic hydroxyl groups is 2. The first-order valence-corrected chi connectivity index (χ1v) is 10.1. The van der Waals surface area contributed by atoms with Gasteiger partial charge in [-0.05, 0) is 18.6 Å². The Kier molecular flexibility index (Phi) is 5.40. The summed E-state index contributed by atoms with van der Waals surface area (Å²) in [5.74, 6) is 0.157. The number of aromatic amines is 1. The number of aromatic nitrogens is 4. The fourth-order valence-corrected chi connectivity index (χ4v) is 3.88. The number of ether oxygens (including phenoxy) is 3. The molecule has 10 nitrogen and oxygen atoms in total. The number of rotatable bonds is 6. The average molecular weight is 432 g/mol. The van der Waals surface area contributed by atoms with Crippen LogP contribution in [0.1, 0.15) is 12.6 Å². The van der Waals surface area contributed by atoms with E-state index in [0.717, 1.165) is 6.42 Å². The minimum atomic E-state index is -1.23. The normalized spacial score (nSPS) is 28.3. The fraction of sp³-hybridized carbons (Fsp3) is 0.450. The molecule has 4 heterocycles. The summed E-state index contributed by atoms with van der Waals surface area (Å²) in [5.41, 5.74) is 1.15. The molecule has 0 bridgehead atoms. The standard InChI is InChI=1S/C20H22FN5O5/c21-12-3-1-2-4-13(12)30-8-14-16(27)17(28)20(31-14)26-10-24-15-18(22-9-23-19(15)26)25-11-5-6-29-7-11/h1-4,9-11,14,16-17,20,27-28H,5-8H2,(H,22,23,25)/p+1/t11?,14-,16+,17+,20-/m1/s1. The zero-order valence-electron chi connectivity index (χ0n) is 16.5. The molecule has 2 saturated heterocycles. The summed E-state index contributed by atoms with van der Waals surface area (Å²) in [6, 6.07) is 6.13. The van der Waals surface area contributed by atoms with Gasteiger partial charge < -0.3 is 29.7 Å². The SMILES string of the molecule is O[C@@H]1[C@H](O)[C@H]([n+]2c[nH]c3c(NC4CCOC4)ncnc32)O[C@@H]1COc1ccccc1F. The van der Waals surface area contributed by atoms with Crippen LogP contribution in [0.4, 0.5) is 10.2 Å². The van der Waals surface area contributed by atoms with E-state index in [1.165, 1.54) is 18.5 Å². The smallest absolute Gasteiger partial charge is 0.309 e. The van der Waals surface area contributed by atoms with Crippen LogP contribution < -0.4 is 14.6 Å². The third kappa shape index (κ3) is 3.81. The molecule has 2 aliphatic rings. The molecule has 5 rings (SSSR count). The van der Waals surface area contributed by atoms with Crippen LogP contribution in [0.3, 0.4) is 0 Å². The molecule has 2 aromatic heterocycles. The molecule has 0 spiro atoms. The molecule has 2 aliphatic heterocycles. The van der Waals surface area contributed by atoms with Crippen LogP contribution in [0.15, 0.2) is 36.9 Å². The van der Waals surface area contributed by atoms with Crippen LogP contribution >= 0.6 is 0 Å². The molecule has 4 N–H and O–H groups in total. The van der Waals surface area contributed by atoms with Crippen LogP contribution in [0.5, 0.6) is 5.75 Å². The largest absolute Gasteiger partial charge is 0.488 e. The number of hydrogen-bond donors (Lipinski definition) is 4. The monoisotopic (exact) mass is 432 g/mol. The van der Waals surface area contributed by atoms with E-state index in [-0.39, 0.29) is 18.4 Å². The van der Waals surface area contributed by atoms with Gasteiger partial charge in [0.05, 0.1) is 12.6 Å². The van der Waals surface area contributed by atoms with Gasteiger partial charge in [0.15, 0.2) is 30.0 Å². The molecule has 2 fully saturated rings. The van der Waals surface area contributed by atoms with E-state index in [2.05, 4.69) is 20.3 Å². The predicted molar refractivity (Wildman–Crippen MR) is 105 cm³/mol. The number of hydrogen-bond acceptors (Lipinski definition) is 8. The van der Waals surface area contributed by atoms with Crippen LogP contribution in [0, 0.1) is 5.82 Å². The molecule has 31 heavy (non-hydrogen) atoms. The summed E-state index contributed by atoms with van der Waals surface area (Å²) in [4.78, 5) is 11.7. The third-order valence-electron chi connectivity index (χ3n) is 5.54. The minimum absolute atomic E-state index is 0.0512. The van der Waals surface area contributed by atoms with Crippen molar-refractivity contribution in [3.63, 3.8) is 0 Å². The van der Waals surface area contributed by atoms with E-state index in [1.807, 2.05) is 0 Å². The summed E-state index contributed by atoms with van der Waals surface area (Å²) in [5, 5.41) is 24.4. The van der Waals surface area contributed by atoms with Crippen LogP contribution in [-0.2, 0) is 9.47 Å². The number of para-hydroxylation sites is 1. The molecule has 0 aliphatic carbocycles. The van der Waals surface area contributed by atoms with Gasteiger partial charge in [-0.2, -0.15) is 4.98 Å². The summed E-state index contributed by atoms with van der Waals surface area (Å²) < 4.78 is 32.1. The second kappa shape index (κ2) is 8.35. The maximum absolute atomic E-state index is 13.8. The lowest BCUT2D eigenvalue weighted by molar-refractivity contribution is -0.745. The summed E-state index contributed by atoms with van der Waals surface area (Å²) in [6.45, 7) is 1.18. The van der Waals surface area contributed by atoms with Gasteiger partial charge in [0, 0.05) is 6.61 Å². The fourth-order valence-electron chi connectivity index (χ4n) is 3.88. The highest BCUT2D eigenvalue weighted by Crippen LogP contribution is 2.28. The average Bonchev–Trinajstić information content (AvgIpc) is 3.50. The van der Waals surface area contributed by atoms with Crippen LogP contribution in [0.25, 0.3) is 11.2 Å². The van der Waals surface area contributed by atoms with Crippen molar-refractivity contribution in [2.45, 2.75) is 37.0 Å². The van der Waals surface area contributed by atoms with Crippen molar-refractivity contribution in [2.24, 2.45) is 0 Å². The number of H-pyrrole nitrogens is 1. The Morgan fingerprint density at radius 3 is 2.94 bits per heavy atom. The van der Waals surface area contributed by atoms with Gasteiger partial charge in [-0.15, -0.1) is 0 Å². The Labute approximate surface area is 176 Å². The van der Waals surface area contributed by atoms with Gasteiger partial charge in [-0.25, -0.2) is 8.96 Å². The van der Waals surface area contributed by atoms with Crippen molar-refractivity contribution < 1.29 is 33.4 Å². The highest BCUT2D eigenvalue weighted by molar-refractivity contribution is 5.79. The predicted octanol–water partition coefficient (Wildman–Crippen LogP) is 0.284. The van der Waals surface area contributed by atoms with Gasteiger partial charge in [-0.1, -0.05) is 17.1 Å². The Bertz CT molecular complexity index is 1060. The molecular formula is C20H23FN5O5+. The Morgan fingerprint density at radius 2 is 2.13 bits per heavy atom. The molecule has 5 atom stereocenters. The molecule has 11 heteroatoms.